The Kier molecular flexibility index (Phi) is 6.38. The van der Waals surface area contributed by atoms with Crippen LogP contribution in [0.2, 0.25) is 0 Å². The minimum atomic E-state index is -1.00. The third-order valence-corrected chi connectivity index (χ3v) is 6.49. The summed E-state index contributed by atoms with van der Waals surface area (Å²) in [5.41, 5.74) is 1.04. The van der Waals surface area contributed by atoms with Gasteiger partial charge in [-0.3, -0.25) is 14.9 Å². The molecule has 8 heteroatoms. The van der Waals surface area contributed by atoms with Gasteiger partial charge in [0.05, 0.1) is 11.4 Å². The van der Waals surface area contributed by atoms with Crippen molar-refractivity contribution in [3.63, 3.8) is 0 Å². The van der Waals surface area contributed by atoms with Crippen LogP contribution in [0.4, 0.5) is 0 Å². The summed E-state index contributed by atoms with van der Waals surface area (Å²) in [4.78, 5) is 37.6. The van der Waals surface area contributed by atoms with Gasteiger partial charge in [0.25, 0.3) is 0 Å². The van der Waals surface area contributed by atoms with Crippen molar-refractivity contribution in [2.45, 2.75) is 55.6 Å². The van der Waals surface area contributed by atoms with Crippen molar-refractivity contribution in [1.82, 2.24) is 10.2 Å². The number of hydrogen-bond acceptors (Lipinski definition) is 5. The van der Waals surface area contributed by atoms with Crippen LogP contribution >= 0.6 is 11.8 Å². The highest BCUT2D eigenvalue weighted by molar-refractivity contribution is 8.00. The lowest BCUT2D eigenvalue weighted by molar-refractivity contribution is -0.150. The first-order valence-electron chi connectivity index (χ1n) is 9.16. The zero-order chi connectivity index (χ0) is 19.4. The third kappa shape index (κ3) is 4.62. The van der Waals surface area contributed by atoms with Gasteiger partial charge in [-0.05, 0) is 37.7 Å². The number of nitrogens with zero attached hydrogens (tertiary/aromatic N) is 1. The van der Waals surface area contributed by atoms with E-state index in [-0.39, 0.29) is 11.3 Å². The fourth-order valence-electron chi connectivity index (χ4n) is 3.70. The normalized spacial score (nSPS) is 26.3. The van der Waals surface area contributed by atoms with Crippen LogP contribution in [0.1, 0.15) is 31.2 Å². The van der Waals surface area contributed by atoms with Crippen LogP contribution in [0, 0.1) is 0 Å². The van der Waals surface area contributed by atoms with E-state index in [0.717, 1.165) is 18.4 Å². The predicted molar refractivity (Wildman–Crippen MR) is 101 cm³/mol. The minimum absolute atomic E-state index is 0.127. The molecule has 2 fully saturated rings. The van der Waals surface area contributed by atoms with Crippen molar-refractivity contribution in [1.29, 1.82) is 0 Å². The summed E-state index contributed by atoms with van der Waals surface area (Å²) in [5.74, 6) is -1.90. The van der Waals surface area contributed by atoms with Gasteiger partial charge in [-0.1, -0.05) is 30.3 Å². The fraction of sp³-hybridized carbons (Fsp3) is 0.526. The lowest BCUT2D eigenvalue weighted by atomic mass is 10.0. The molecule has 1 amide bonds. The lowest BCUT2D eigenvalue weighted by Crippen LogP contribution is -2.55. The molecule has 7 nitrogen and oxygen atoms in total. The van der Waals surface area contributed by atoms with E-state index in [4.69, 9.17) is 0 Å². The smallest absolute Gasteiger partial charge is 0.327 e. The molecule has 2 heterocycles. The summed E-state index contributed by atoms with van der Waals surface area (Å²) >= 11 is 1.49. The number of rotatable bonds is 7. The number of nitrogens with one attached hydrogen (secondary N) is 1. The first-order valence-corrected chi connectivity index (χ1v) is 10.2. The molecule has 0 radical (unpaired) electrons. The molecule has 3 N–H and O–H groups in total. The second-order valence-electron chi connectivity index (χ2n) is 6.95. The van der Waals surface area contributed by atoms with Crippen molar-refractivity contribution in [2.24, 2.45) is 0 Å². The van der Waals surface area contributed by atoms with E-state index < -0.39 is 30.1 Å². The van der Waals surface area contributed by atoms with Crippen LogP contribution in [-0.4, -0.2) is 62.2 Å². The molecule has 146 valence electrons. The molecule has 0 aromatic heterocycles. The summed E-state index contributed by atoms with van der Waals surface area (Å²) in [7, 11) is 0. The van der Waals surface area contributed by atoms with Gasteiger partial charge in [-0.15, -0.1) is 11.8 Å². The number of carboxylic acid groups (broad SMARTS) is 2. The second-order valence-corrected chi connectivity index (χ2v) is 8.16. The average molecular weight is 392 g/mol. The standard InChI is InChI=1S/C19H24N2O5S/c22-17-13(7-4-8-16-21(17)15(11-27-16)19(25)26)20-14(18(23)24)10-9-12-5-2-1-3-6-12/h1-3,5-6,13-16,20H,4,7-11H2,(H,23,24)(H,25,26)/t13-,14?,15-,16-/m0/s1. The molecular weight excluding hydrogens is 368 g/mol. The number of amides is 1. The van der Waals surface area contributed by atoms with E-state index in [2.05, 4.69) is 5.32 Å². The van der Waals surface area contributed by atoms with Crippen LogP contribution in [0.15, 0.2) is 30.3 Å². The molecule has 1 aromatic rings. The molecule has 0 spiro atoms. The number of carboxylic acids is 2. The van der Waals surface area contributed by atoms with E-state index in [1.807, 2.05) is 30.3 Å². The van der Waals surface area contributed by atoms with E-state index in [9.17, 15) is 24.6 Å². The molecule has 1 unspecified atom stereocenters. The van der Waals surface area contributed by atoms with Crippen LogP contribution < -0.4 is 5.32 Å². The van der Waals surface area contributed by atoms with E-state index >= 15 is 0 Å². The zero-order valence-corrected chi connectivity index (χ0v) is 15.7. The summed E-state index contributed by atoms with van der Waals surface area (Å²) in [6.07, 6.45) is 2.97. The highest BCUT2D eigenvalue weighted by Crippen LogP contribution is 2.35. The van der Waals surface area contributed by atoms with Gasteiger partial charge < -0.3 is 15.1 Å². The maximum absolute atomic E-state index is 13.0. The zero-order valence-electron chi connectivity index (χ0n) is 14.9. The molecule has 3 rings (SSSR count). The van der Waals surface area contributed by atoms with Gasteiger partial charge in [-0.2, -0.15) is 0 Å². The first-order chi connectivity index (χ1) is 13.0. The quantitative estimate of drug-likeness (QED) is 0.646. The Bertz CT molecular complexity index is 699. The van der Waals surface area contributed by atoms with Crippen LogP contribution in [0.5, 0.6) is 0 Å². The Morgan fingerprint density at radius 1 is 1.22 bits per heavy atom. The summed E-state index contributed by atoms with van der Waals surface area (Å²) < 4.78 is 0. The number of carbonyl (C=O) groups excluding carboxylic acids is 1. The van der Waals surface area contributed by atoms with Crippen LogP contribution in [-0.2, 0) is 20.8 Å². The SMILES string of the molecule is O=C(O)C(CCc1ccccc1)N[C@H]1CCC[C@@H]2SC[C@@H](C(=O)O)N2C1=O. The van der Waals surface area contributed by atoms with Crippen LogP contribution in [0.25, 0.3) is 0 Å². The minimum Gasteiger partial charge on any atom is -0.480 e. The predicted octanol–water partition coefficient (Wildman–Crippen LogP) is 1.57. The molecule has 4 atom stereocenters. The maximum Gasteiger partial charge on any atom is 0.327 e. The molecule has 2 saturated heterocycles. The Hall–Kier alpha value is -2.06. The van der Waals surface area contributed by atoms with Gasteiger partial charge in [0, 0.05) is 5.75 Å². The number of carbonyl (C=O) groups is 3. The highest BCUT2D eigenvalue weighted by Gasteiger charge is 2.45. The lowest BCUT2D eigenvalue weighted by Gasteiger charge is -2.29. The van der Waals surface area contributed by atoms with Crippen molar-refractivity contribution in [2.75, 3.05) is 5.75 Å². The topological polar surface area (TPSA) is 107 Å². The number of thioether (sulfide) groups is 1. The number of aryl methyl sites for hydroxylation is 1. The molecular formula is C19H24N2O5S. The van der Waals surface area contributed by atoms with Gasteiger partial charge in [0.15, 0.2) is 0 Å². The molecule has 27 heavy (non-hydrogen) atoms. The van der Waals surface area contributed by atoms with Crippen molar-refractivity contribution >= 4 is 29.6 Å². The number of hydrogen-bond donors (Lipinski definition) is 3. The maximum atomic E-state index is 13.0. The van der Waals surface area contributed by atoms with Gasteiger partial charge in [0.2, 0.25) is 5.91 Å². The van der Waals surface area contributed by atoms with Crippen LogP contribution in [0.3, 0.4) is 0 Å². The molecule has 0 saturated carbocycles. The van der Waals surface area contributed by atoms with Crippen molar-refractivity contribution < 1.29 is 24.6 Å². The second kappa shape index (κ2) is 8.75. The third-order valence-electron chi connectivity index (χ3n) is 5.14. The molecule has 0 bridgehead atoms. The van der Waals surface area contributed by atoms with E-state index in [0.29, 0.717) is 25.0 Å². The Balaban J connectivity index is 1.68. The van der Waals surface area contributed by atoms with E-state index in [1.54, 1.807) is 0 Å². The van der Waals surface area contributed by atoms with Crippen molar-refractivity contribution in [3.05, 3.63) is 35.9 Å². The molecule has 2 aliphatic rings. The summed E-state index contributed by atoms with van der Waals surface area (Å²) in [5, 5.41) is 21.9. The Morgan fingerprint density at radius 3 is 2.63 bits per heavy atom. The van der Waals surface area contributed by atoms with Crippen molar-refractivity contribution in [3.8, 4) is 0 Å². The summed E-state index contributed by atoms with van der Waals surface area (Å²) in [6.45, 7) is 0. The van der Waals surface area contributed by atoms with E-state index in [1.165, 1.54) is 16.7 Å². The number of benzene rings is 1. The number of aliphatic carboxylic acids is 2. The first kappa shape index (κ1) is 19.7. The van der Waals surface area contributed by atoms with Gasteiger partial charge >= 0.3 is 11.9 Å². The fourth-order valence-corrected chi connectivity index (χ4v) is 5.16. The average Bonchev–Trinajstić information content (AvgIpc) is 3.01. The molecule has 1 aromatic carbocycles. The molecule has 0 aliphatic carbocycles. The summed E-state index contributed by atoms with van der Waals surface area (Å²) in [6, 6.07) is 7.27. The largest absolute Gasteiger partial charge is 0.480 e. The number of fused-ring (bicyclic) bond motifs is 1. The Labute approximate surface area is 162 Å². The van der Waals surface area contributed by atoms with Gasteiger partial charge in [0.1, 0.15) is 12.1 Å². The highest BCUT2D eigenvalue weighted by atomic mass is 32.2. The molecule has 2 aliphatic heterocycles. The monoisotopic (exact) mass is 392 g/mol. The van der Waals surface area contributed by atoms with Gasteiger partial charge in [-0.25, -0.2) is 4.79 Å². The Morgan fingerprint density at radius 2 is 1.96 bits per heavy atom.